The number of hydrogen-bond donors (Lipinski definition) is 1. The summed E-state index contributed by atoms with van der Waals surface area (Å²) in [5.74, 6) is 1.43. The number of aromatic nitrogens is 8. The lowest BCUT2D eigenvalue weighted by Gasteiger charge is -2.05. The summed E-state index contributed by atoms with van der Waals surface area (Å²) in [5, 5.41) is 26.6. The van der Waals surface area contributed by atoms with Crippen LogP contribution < -0.4 is 0 Å². The molecule has 5 rings (SSSR count). The second-order valence-corrected chi connectivity index (χ2v) is 7.28. The molecule has 1 aromatic carbocycles. The second-order valence-electron chi connectivity index (χ2n) is 7.28. The minimum Gasteiger partial charge on any atom is -0.394 e. The van der Waals surface area contributed by atoms with Crippen LogP contribution in [0.4, 0.5) is 0 Å². The van der Waals surface area contributed by atoms with Crippen molar-refractivity contribution in [1.82, 2.24) is 39.6 Å². The Morgan fingerprint density at radius 2 is 1.84 bits per heavy atom. The number of aryl methyl sites for hydroxylation is 1. The Labute approximate surface area is 178 Å². The van der Waals surface area contributed by atoms with Crippen LogP contribution in [0.5, 0.6) is 0 Å². The van der Waals surface area contributed by atoms with Gasteiger partial charge in [-0.05, 0) is 36.2 Å². The van der Waals surface area contributed by atoms with Crippen molar-refractivity contribution in [3.63, 3.8) is 0 Å². The summed E-state index contributed by atoms with van der Waals surface area (Å²) < 4.78 is 3.45. The Kier molecular flexibility index (Phi) is 4.93. The van der Waals surface area contributed by atoms with Gasteiger partial charge in [0.1, 0.15) is 0 Å². The molecule has 0 aliphatic carbocycles. The summed E-state index contributed by atoms with van der Waals surface area (Å²) in [6.45, 7) is 2.45. The second kappa shape index (κ2) is 8.04. The highest BCUT2D eigenvalue weighted by Gasteiger charge is 2.12. The van der Waals surface area contributed by atoms with Crippen LogP contribution in [0.25, 0.3) is 28.3 Å². The molecule has 9 nitrogen and oxygen atoms in total. The van der Waals surface area contributed by atoms with Crippen molar-refractivity contribution < 1.29 is 5.11 Å². The quantitative estimate of drug-likeness (QED) is 0.456. The van der Waals surface area contributed by atoms with Gasteiger partial charge >= 0.3 is 0 Å². The van der Waals surface area contributed by atoms with Crippen LogP contribution in [-0.4, -0.2) is 51.3 Å². The van der Waals surface area contributed by atoms with E-state index in [-0.39, 0.29) is 6.61 Å². The summed E-state index contributed by atoms with van der Waals surface area (Å²) in [5.41, 5.74) is 5.36. The number of aliphatic hydroxyl groups is 1. The Morgan fingerprint density at radius 3 is 2.68 bits per heavy atom. The van der Waals surface area contributed by atoms with Crippen LogP contribution in [0.2, 0.25) is 0 Å². The summed E-state index contributed by atoms with van der Waals surface area (Å²) in [6.07, 6.45) is 7.80. The lowest BCUT2D eigenvalue weighted by molar-refractivity contribution is 0.269. The molecule has 0 fully saturated rings. The third kappa shape index (κ3) is 3.90. The highest BCUT2D eigenvalue weighted by Crippen LogP contribution is 2.20. The molecule has 31 heavy (non-hydrogen) atoms. The van der Waals surface area contributed by atoms with E-state index in [2.05, 4.69) is 31.3 Å². The van der Waals surface area contributed by atoms with Gasteiger partial charge in [0.05, 0.1) is 25.0 Å². The predicted molar refractivity (Wildman–Crippen MR) is 114 cm³/mol. The molecule has 0 bridgehead atoms. The number of rotatable bonds is 6. The lowest BCUT2D eigenvalue weighted by atomic mass is 10.1. The molecule has 0 aliphatic heterocycles. The van der Waals surface area contributed by atoms with Crippen molar-refractivity contribution in [2.45, 2.75) is 19.9 Å². The molecule has 0 unspecified atom stereocenters. The number of fused-ring (bicyclic) bond motifs is 1. The summed E-state index contributed by atoms with van der Waals surface area (Å²) in [7, 11) is 0. The molecule has 0 saturated carbocycles. The summed E-state index contributed by atoms with van der Waals surface area (Å²) >= 11 is 0. The fraction of sp³-hybridized carbons (Fsp3) is 0.182. The highest BCUT2D eigenvalue weighted by atomic mass is 16.3. The van der Waals surface area contributed by atoms with Crippen LogP contribution in [-0.2, 0) is 13.0 Å². The summed E-state index contributed by atoms with van der Waals surface area (Å²) in [6, 6.07) is 11.9. The Balaban J connectivity index is 1.45. The third-order valence-corrected chi connectivity index (χ3v) is 4.91. The first-order chi connectivity index (χ1) is 15.2. The van der Waals surface area contributed by atoms with Crippen molar-refractivity contribution in [2.75, 3.05) is 6.61 Å². The molecule has 0 atom stereocenters. The Hall–Kier alpha value is -3.98. The van der Waals surface area contributed by atoms with E-state index >= 15 is 0 Å². The van der Waals surface area contributed by atoms with Gasteiger partial charge in [0, 0.05) is 36.1 Å². The molecule has 1 N–H and O–H groups in total. The predicted octanol–water partition coefficient (Wildman–Crippen LogP) is 2.34. The molecule has 154 valence electrons. The maximum atomic E-state index is 9.09. The Morgan fingerprint density at radius 1 is 0.968 bits per heavy atom. The van der Waals surface area contributed by atoms with Crippen molar-refractivity contribution in [1.29, 1.82) is 0 Å². The highest BCUT2D eigenvalue weighted by molar-refractivity contribution is 5.59. The van der Waals surface area contributed by atoms with E-state index in [0.717, 1.165) is 33.8 Å². The van der Waals surface area contributed by atoms with Crippen molar-refractivity contribution in [3.8, 4) is 22.6 Å². The standard InChI is InChI=1S/C22H20N8O/c1-15-11-23-22(24-12-15)17-4-2-3-16(9-17)10-21-27-26-20-6-5-19(28-30(20)21)18-13-25-29(14-18)7-8-31/h2-6,9,11-14,31H,7-8,10H2,1H3. The summed E-state index contributed by atoms with van der Waals surface area (Å²) in [4.78, 5) is 8.83. The van der Waals surface area contributed by atoms with E-state index in [1.54, 1.807) is 15.4 Å². The number of aliphatic hydroxyl groups excluding tert-OH is 1. The molecular formula is C22H20N8O. The average molecular weight is 412 g/mol. The zero-order chi connectivity index (χ0) is 21.2. The van der Waals surface area contributed by atoms with E-state index in [1.807, 2.05) is 55.8 Å². The zero-order valence-electron chi connectivity index (χ0n) is 16.9. The molecule has 0 spiro atoms. The molecule has 4 aromatic heterocycles. The maximum absolute atomic E-state index is 9.09. The Bertz CT molecular complexity index is 1340. The number of hydrogen-bond acceptors (Lipinski definition) is 7. The van der Waals surface area contributed by atoms with Gasteiger partial charge in [0.15, 0.2) is 17.3 Å². The van der Waals surface area contributed by atoms with Crippen molar-refractivity contribution >= 4 is 5.65 Å². The first-order valence-electron chi connectivity index (χ1n) is 9.92. The normalized spacial score (nSPS) is 11.3. The maximum Gasteiger partial charge on any atom is 0.177 e. The van der Waals surface area contributed by atoms with Crippen LogP contribution in [0.1, 0.15) is 17.0 Å². The van der Waals surface area contributed by atoms with Crippen LogP contribution >= 0.6 is 0 Å². The SMILES string of the molecule is Cc1cnc(-c2cccc(Cc3nnc4ccc(-c5cnn(CCO)c5)nn34)c2)nc1. The van der Waals surface area contributed by atoms with Gasteiger partial charge in [-0.15, -0.1) is 10.2 Å². The largest absolute Gasteiger partial charge is 0.394 e. The first kappa shape index (κ1) is 19.0. The monoisotopic (exact) mass is 412 g/mol. The van der Waals surface area contributed by atoms with Gasteiger partial charge in [-0.25, -0.2) is 9.97 Å². The van der Waals surface area contributed by atoms with Gasteiger partial charge in [0.25, 0.3) is 0 Å². The fourth-order valence-corrected chi connectivity index (χ4v) is 3.36. The molecule has 4 heterocycles. The minimum atomic E-state index is 0.0376. The van der Waals surface area contributed by atoms with Gasteiger partial charge in [-0.3, -0.25) is 4.68 Å². The van der Waals surface area contributed by atoms with Gasteiger partial charge in [0.2, 0.25) is 0 Å². The fourth-order valence-electron chi connectivity index (χ4n) is 3.36. The third-order valence-electron chi connectivity index (χ3n) is 4.91. The smallest absolute Gasteiger partial charge is 0.177 e. The van der Waals surface area contributed by atoms with Crippen molar-refractivity contribution in [3.05, 3.63) is 78.1 Å². The minimum absolute atomic E-state index is 0.0376. The van der Waals surface area contributed by atoms with E-state index in [4.69, 9.17) is 10.2 Å². The molecule has 0 aliphatic rings. The lowest BCUT2D eigenvalue weighted by Crippen LogP contribution is -2.02. The number of nitrogens with zero attached hydrogens (tertiary/aromatic N) is 8. The number of benzene rings is 1. The molecule has 0 radical (unpaired) electrons. The van der Waals surface area contributed by atoms with Crippen LogP contribution in [0.15, 0.2) is 61.2 Å². The van der Waals surface area contributed by atoms with Crippen LogP contribution in [0, 0.1) is 6.92 Å². The van der Waals surface area contributed by atoms with Gasteiger partial charge in [-0.2, -0.15) is 14.7 Å². The van der Waals surface area contributed by atoms with E-state index in [9.17, 15) is 0 Å². The van der Waals surface area contributed by atoms with Gasteiger partial charge < -0.3 is 5.11 Å². The van der Waals surface area contributed by atoms with E-state index < -0.39 is 0 Å². The molecule has 0 amide bonds. The zero-order valence-corrected chi connectivity index (χ0v) is 16.9. The van der Waals surface area contributed by atoms with Crippen molar-refractivity contribution in [2.24, 2.45) is 0 Å². The molecular weight excluding hydrogens is 392 g/mol. The molecule has 5 aromatic rings. The van der Waals surface area contributed by atoms with Crippen LogP contribution in [0.3, 0.4) is 0 Å². The molecule has 0 saturated heterocycles. The van der Waals surface area contributed by atoms with E-state index in [1.165, 1.54) is 0 Å². The average Bonchev–Trinajstić information content (AvgIpc) is 3.42. The first-order valence-corrected chi connectivity index (χ1v) is 9.92. The molecule has 9 heteroatoms. The van der Waals surface area contributed by atoms with Gasteiger partial charge in [-0.1, -0.05) is 18.2 Å². The topological polar surface area (TPSA) is 107 Å². The van der Waals surface area contributed by atoms with E-state index in [0.29, 0.717) is 24.4 Å².